The van der Waals surface area contributed by atoms with E-state index in [-0.39, 0.29) is 5.41 Å². The molecule has 1 aliphatic rings. The predicted octanol–water partition coefficient (Wildman–Crippen LogP) is 3.89. The summed E-state index contributed by atoms with van der Waals surface area (Å²) in [5, 5.41) is 0. The number of hydrogen-bond acceptors (Lipinski definition) is 2. The maximum Gasteiger partial charge on any atom is 0.127 e. The van der Waals surface area contributed by atoms with Crippen molar-refractivity contribution in [3.63, 3.8) is 0 Å². The molecule has 1 aliphatic carbocycles. The van der Waals surface area contributed by atoms with Crippen molar-refractivity contribution in [2.24, 2.45) is 5.41 Å². The Hall–Kier alpha value is -1.31. The van der Waals surface area contributed by atoms with Gasteiger partial charge < -0.3 is 9.69 Å². The average molecular weight is 259 g/mol. The molecular formula is C17H25NO. The lowest BCUT2D eigenvalue weighted by Crippen LogP contribution is -2.38. The van der Waals surface area contributed by atoms with E-state index in [2.05, 4.69) is 44.0 Å². The number of carbonyl (C=O) groups is 1. The summed E-state index contributed by atoms with van der Waals surface area (Å²) in [5.41, 5.74) is 3.71. The third-order valence-electron chi connectivity index (χ3n) is 4.41. The highest BCUT2D eigenvalue weighted by atomic mass is 16.1. The van der Waals surface area contributed by atoms with Gasteiger partial charge in [0.2, 0.25) is 0 Å². The lowest BCUT2D eigenvalue weighted by atomic mass is 9.75. The summed E-state index contributed by atoms with van der Waals surface area (Å²) in [4.78, 5) is 13.8. The zero-order valence-electron chi connectivity index (χ0n) is 12.4. The van der Waals surface area contributed by atoms with Crippen LogP contribution in [0.2, 0.25) is 0 Å². The molecule has 1 aromatic carbocycles. The van der Waals surface area contributed by atoms with E-state index in [9.17, 15) is 4.79 Å². The maximum absolute atomic E-state index is 11.6. The number of benzene rings is 1. The van der Waals surface area contributed by atoms with Crippen molar-refractivity contribution in [2.45, 2.75) is 46.0 Å². The number of nitrogens with zero attached hydrogens (tertiary/aromatic N) is 1. The Labute approximate surface area is 116 Å². The molecule has 2 heteroatoms. The van der Waals surface area contributed by atoms with Crippen molar-refractivity contribution >= 4 is 12.0 Å². The average Bonchev–Trinajstić information content (AvgIpc) is 2.39. The molecule has 104 valence electrons. The number of anilines is 1. The Morgan fingerprint density at radius 3 is 2.47 bits per heavy atom. The highest BCUT2D eigenvalue weighted by Crippen LogP contribution is 2.36. The number of rotatable bonds is 4. The Kier molecular flexibility index (Phi) is 4.28. The Bertz CT molecular complexity index is 447. The van der Waals surface area contributed by atoms with Crippen LogP contribution in [0.15, 0.2) is 18.2 Å². The largest absolute Gasteiger partial charge is 0.373 e. The third-order valence-corrected chi connectivity index (χ3v) is 4.41. The summed E-state index contributed by atoms with van der Waals surface area (Å²) >= 11 is 0. The van der Waals surface area contributed by atoms with Crippen molar-refractivity contribution in [3.05, 3.63) is 29.3 Å². The number of carbonyl (C=O) groups excluding carboxylic acids is 1. The summed E-state index contributed by atoms with van der Waals surface area (Å²) in [6.45, 7) is 5.11. The summed E-state index contributed by atoms with van der Waals surface area (Å²) in [6.07, 6.45) is 6.98. The van der Waals surface area contributed by atoms with E-state index in [0.717, 1.165) is 19.4 Å². The van der Waals surface area contributed by atoms with Crippen LogP contribution < -0.4 is 4.90 Å². The van der Waals surface area contributed by atoms with Crippen LogP contribution in [0, 0.1) is 19.3 Å². The van der Waals surface area contributed by atoms with Gasteiger partial charge in [0.05, 0.1) is 0 Å². The van der Waals surface area contributed by atoms with E-state index in [4.69, 9.17) is 0 Å². The Balaban J connectivity index is 2.14. The third kappa shape index (κ3) is 3.17. The van der Waals surface area contributed by atoms with Gasteiger partial charge in [-0.25, -0.2) is 0 Å². The van der Waals surface area contributed by atoms with Gasteiger partial charge in [0.25, 0.3) is 0 Å². The topological polar surface area (TPSA) is 20.3 Å². The first-order chi connectivity index (χ1) is 9.06. The van der Waals surface area contributed by atoms with Gasteiger partial charge in [-0.3, -0.25) is 0 Å². The van der Waals surface area contributed by atoms with E-state index in [1.54, 1.807) is 0 Å². The molecule has 0 atom stereocenters. The van der Waals surface area contributed by atoms with Crippen molar-refractivity contribution < 1.29 is 4.79 Å². The minimum Gasteiger partial charge on any atom is -0.373 e. The fourth-order valence-corrected chi connectivity index (χ4v) is 3.36. The van der Waals surface area contributed by atoms with E-state index in [1.807, 2.05) is 0 Å². The molecule has 0 bridgehead atoms. The summed E-state index contributed by atoms with van der Waals surface area (Å²) in [5.74, 6) is 0. The summed E-state index contributed by atoms with van der Waals surface area (Å²) < 4.78 is 0. The molecule has 2 nitrogen and oxygen atoms in total. The van der Waals surface area contributed by atoms with Gasteiger partial charge >= 0.3 is 0 Å². The zero-order chi connectivity index (χ0) is 13.9. The molecule has 0 amide bonds. The molecule has 0 unspecified atom stereocenters. The minimum atomic E-state index is -0.121. The maximum atomic E-state index is 11.6. The Morgan fingerprint density at radius 2 is 1.89 bits per heavy atom. The predicted molar refractivity (Wildman–Crippen MR) is 80.8 cm³/mol. The number of hydrogen-bond donors (Lipinski definition) is 0. The number of aryl methyl sites for hydroxylation is 2. The van der Waals surface area contributed by atoms with E-state index < -0.39 is 0 Å². The SMILES string of the molecule is Cc1ccc(N(C)CC2(C=O)CCCCC2)c(C)c1. The van der Waals surface area contributed by atoms with Crippen LogP contribution in [0.4, 0.5) is 5.69 Å². The lowest BCUT2D eigenvalue weighted by molar-refractivity contribution is -0.117. The molecule has 0 heterocycles. The molecule has 0 aliphatic heterocycles. The van der Waals surface area contributed by atoms with Crippen molar-refractivity contribution in [1.29, 1.82) is 0 Å². The van der Waals surface area contributed by atoms with E-state index >= 15 is 0 Å². The second-order valence-corrected chi connectivity index (χ2v) is 6.19. The van der Waals surface area contributed by atoms with Gasteiger partial charge in [0.1, 0.15) is 6.29 Å². The van der Waals surface area contributed by atoms with Gasteiger partial charge in [-0.2, -0.15) is 0 Å². The fraction of sp³-hybridized carbons (Fsp3) is 0.588. The highest BCUT2D eigenvalue weighted by Gasteiger charge is 2.33. The van der Waals surface area contributed by atoms with Gasteiger partial charge in [0, 0.05) is 24.7 Å². The summed E-state index contributed by atoms with van der Waals surface area (Å²) in [6, 6.07) is 6.53. The van der Waals surface area contributed by atoms with Crippen molar-refractivity contribution in [2.75, 3.05) is 18.5 Å². The van der Waals surface area contributed by atoms with Gasteiger partial charge in [-0.15, -0.1) is 0 Å². The quantitative estimate of drug-likeness (QED) is 0.765. The molecule has 2 rings (SSSR count). The second kappa shape index (κ2) is 5.77. The van der Waals surface area contributed by atoms with Crippen LogP contribution in [0.3, 0.4) is 0 Å². The molecule has 0 saturated heterocycles. The molecule has 19 heavy (non-hydrogen) atoms. The molecule has 1 aromatic rings. The van der Waals surface area contributed by atoms with Crippen LogP contribution in [-0.2, 0) is 4.79 Å². The van der Waals surface area contributed by atoms with Crippen LogP contribution in [-0.4, -0.2) is 19.9 Å². The van der Waals surface area contributed by atoms with Crippen LogP contribution >= 0.6 is 0 Å². The van der Waals surface area contributed by atoms with Gasteiger partial charge in [-0.1, -0.05) is 37.0 Å². The molecule has 0 aromatic heterocycles. The molecule has 0 spiro atoms. The second-order valence-electron chi connectivity index (χ2n) is 6.19. The monoisotopic (exact) mass is 259 g/mol. The molecule has 1 fully saturated rings. The van der Waals surface area contributed by atoms with Crippen molar-refractivity contribution in [1.82, 2.24) is 0 Å². The van der Waals surface area contributed by atoms with E-state index in [1.165, 1.54) is 42.4 Å². The first kappa shape index (κ1) is 14.1. The smallest absolute Gasteiger partial charge is 0.127 e. The van der Waals surface area contributed by atoms with E-state index in [0.29, 0.717) is 0 Å². The summed E-state index contributed by atoms with van der Waals surface area (Å²) in [7, 11) is 2.11. The van der Waals surface area contributed by atoms with Crippen molar-refractivity contribution in [3.8, 4) is 0 Å². The van der Waals surface area contributed by atoms with Crippen LogP contribution in [0.5, 0.6) is 0 Å². The Morgan fingerprint density at radius 1 is 1.21 bits per heavy atom. The molecule has 0 radical (unpaired) electrons. The minimum absolute atomic E-state index is 0.121. The standard InChI is InChI=1S/C17H25NO/c1-14-7-8-16(15(2)11-14)18(3)12-17(13-19)9-5-4-6-10-17/h7-8,11,13H,4-6,9-10,12H2,1-3H3. The molecule has 0 N–H and O–H groups in total. The zero-order valence-corrected chi connectivity index (χ0v) is 12.4. The normalized spacial score (nSPS) is 18.1. The number of aldehydes is 1. The lowest BCUT2D eigenvalue weighted by Gasteiger charge is -2.36. The molecular weight excluding hydrogens is 234 g/mol. The van der Waals surface area contributed by atoms with Gasteiger partial charge in [-0.05, 0) is 38.3 Å². The highest BCUT2D eigenvalue weighted by molar-refractivity contribution is 5.63. The first-order valence-electron chi connectivity index (χ1n) is 7.31. The molecule has 1 saturated carbocycles. The van der Waals surface area contributed by atoms with Gasteiger partial charge in [0.15, 0.2) is 0 Å². The first-order valence-corrected chi connectivity index (χ1v) is 7.31. The fourth-order valence-electron chi connectivity index (χ4n) is 3.36. The van der Waals surface area contributed by atoms with Crippen LogP contribution in [0.25, 0.3) is 0 Å². The van der Waals surface area contributed by atoms with Crippen LogP contribution in [0.1, 0.15) is 43.2 Å².